The van der Waals surface area contributed by atoms with Gasteiger partial charge in [-0.2, -0.15) is 10.2 Å². The average molecular weight is 227 g/mol. The molecule has 0 bridgehead atoms. The fraction of sp³-hybridized carbons (Fsp3) is 0.167. The number of anilines is 1. The van der Waals surface area contributed by atoms with Gasteiger partial charge in [0.25, 0.3) is 0 Å². The number of fused-ring (bicyclic) bond motifs is 1. The molecular weight excluding hydrogens is 214 g/mol. The van der Waals surface area contributed by atoms with Gasteiger partial charge in [-0.3, -0.25) is 9.78 Å². The predicted octanol–water partition coefficient (Wildman–Crippen LogP) is 1.91. The molecule has 2 N–H and O–H groups in total. The lowest BCUT2D eigenvalue weighted by Crippen LogP contribution is -1.98. The van der Waals surface area contributed by atoms with Gasteiger partial charge in [-0.25, -0.2) is 0 Å². The maximum Gasteiger partial charge on any atom is 0.0670 e. The molecule has 0 aliphatic heterocycles. The van der Waals surface area contributed by atoms with Crippen molar-refractivity contribution >= 4 is 16.6 Å². The van der Waals surface area contributed by atoms with Crippen LogP contribution in [0.25, 0.3) is 10.9 Å². The Morgan fingerprint density at radius 3 is 3.12 bits per heavy atom. The van der Waals surface area contributed by atoms with Crippen molar-refractivity contribution in [3.8, 4) is 0 Å². The highest BCUT2D eigenvalue weighted by Crippen LogP contribution is 2.17. The van der Waals surface area contributed by atoms with Crippen molar-refractivity contribution in [1.82, 2.24) is 20.0 Å². The summed E-state index contributed by atoms with van der Waals surface area (Å²) in [5.41, 5.74) is 3.28. The number of nitrogens with zero attached hydrogens (tertiary/aromatic N) is 3. The summed E-state index contributed by atoms with van der Waals surface area (Å²) >= 11 is 0. The standard InChI is InChI=1S/C12H13N5/c1-17-8-9(6-15-17)5-13-11-3-2-10-7-14-16-12(10)4-11/h2-4,6-8,13H,5H2,1H3,(H,14,16). The molecule has 0 aliphatic carbocycles. The van der Waals surface area contributed by atoms with E-state index in [2.05, 4.69) is 26.7 Å². The van der Waals surface area contributed by atoms with E-state index < -0.39 is 0 Å². The molecule has 3 aromatic rings. The van der Waals surface area contributed by atoms with Gasteiger partial charge >= 0.3 is 0 Å². The summed E-state index contributed by atoms with van der Waals surface area (Å²) in [7, 11) is 1.92. The normalized spacial score (nSPS) is 10.9. The third kappa shape index (κ3) is 1.99. The molecule has 0 saturated carbocycles. The van der Waals surface area contributed by atoms with Gasteiger partial charge < -0.3 is 5.32 Å². The molecule has 0 radical (unpaired) electrons. The second-order valence-electron chi connectivity index (χ2n) is 4.05. The Bertz CT molecular complexity index is 637. The lowest BCUT2D eigenvalue weighted by atomic mass is 10.2. The SMILES string of the molecule is Cn1cc(CNc2ccc3cn[nH]c3c2)cn1. The van der Waals surface area contributed by atoms with Crippen molar-refractivity contribution in [3.05, 3.63) is 42.4 Å². The van der Waals surface area contributed by atoms with Crippen molar-refractivity contribution in [2.45, 2.75) is 6.54 Å². The first-order valence-electron chi connectivity index (χ1n) is 5.46. The van der Waals surface area contributed by atoms with Crippen molar-refractivity contribution in [3.63, 3.8) is 0 Å². The Hall–Kier alpha value is -2.30. The fourth-order valence-electron chi connectivity index (χ4n) is 1.81. The molecular formula is C12H13N5. The van der Waals surface area contributed by atoms with E-state index in [0.717, 1.165) is 28.7 Å². The molecule has 0 saturated heterocycles. The Morgan fingerprint density at radius 1 is 1.35 bits per heavy atom. The summed E-state index contributed by atoms with van der Waals surface area (Å²) < 4.78 is 1.80. The molecule has 2 aromatic heterocycles. The number of aromatic nitrogens is 4. The molecule has 0 unspecified atom stereocenters. The van der Waals surface area contributed by atoms with Crippen LogP contribution in [0.3, 0.4) is 0 Å². The topological polar surface area (TPSA) is 58.5 Å². The minimum Gasteiger partial charge on any atom is -0.381 e. The molecule has 5 heteroatoms. The zero-order chi connectivity index (χ0) is 11.7. The number of aryl methyl sites for hydroxylation is 1. The van der Waals surface area contributed by atoms with Gasteiger partial charge in [-0.1, -0.05) is 0 Å². The highest BCUT2D eigenvalue weighted by molar-refractivity contribution is 5.81. The summed E-state index contributed by atoms with van der Waals surface area (Å²) in [6, 6.07) is 6.15. The Kier molecular flexibility index (Phi) is 2.29. The number of benzene rings is 1. The monoisotopic (exact) mass is 227 g/mol. The number of rotatable bonds is 3. The van der Waals surface area contributed by atoms with Crippen molar-refractivity contribution in [2.24, 2.45) is 7.05 Å². The van der Waals surface area contributed by atoms with Gasteiger partial charge in [-0.05, 0) is 18.2 Å². The molecule has 0 amide bonds. The summed E-state index contributed by atoms with van der Waals surface area (Å²) in [6.45, 7) is 0.771. The molecule has 0 aliphatic rings. The first-order valence-corrected chi connectivity index (χ1v) is 5.46. The fourth-order valence-corrected chi connectivity index (χ4v) is 1.81. The van der Waals surface area contributed by atoms with Crippen LogP contribution in [-0.4, -0.2) is 20.0 Å². The van der Waals surface area contributed by atoms with E-state index >= 15 is 0 Å². The molecule has 1 aromatic carbocycles. The van der Waals surface area contributed by atoms with Crippen LogP contribution in [0.2, 0.25) is 0 Å². The van der Waals surface area contributed by atoms with Crippen LogP contribution < -0.4 is 5.32 Å². The molecule has 86 valence electrons. The van der Waals surface area contributed by atoms with E-state index in [-0.39, 0.29) is 0 Å². The van der Waals surface area contributed by atoms with Gasteiger partial charge in [0.2, 0.25) is 0 Å². The zero-order valence-corrected chi connectivity index (χ0v) is 9.51. The summed E-state index contributed by atoms with van der Waals surface area (Å²) in [4.78, 5) is 0. The minimum atomic E-state index is 0.771. The van der Waals surface area contributed by atoms with Crippen molar-refractivity contribution in [2.75, 3.05) is 5.32 Å². The first kappa shape index (κ1) is 9.89. The van der Waals surface area contributed by atoms with Crippen LogP contribution in [0.5, 0.6) is 0 Å². The van der Waals surface area contributed by atoms with Crippen molar-refractivity contribution < 1.29 is 0 Å². The highest BCUT2D eigenvalue weighted by Gasteiger charge is 1.99. The van der Waals surface area contributed by atoms with E-state index in [1.807, 2.05) is 37.8 Å². The molecule has 17 heavy (non-hydrogen) atoms. The quantitative estimate of drug-likeness (QED) is 0.718. The van der Waals surface area contributed by atoms with Crippen LogP contribution in [0.1, 0.15) is 5.56 Å². The maximum absolute atomic E-state index is 4.13. The largest absolute Gasteiger partial charge is 0.381 e. The third-order valence-corrected chi connectivity index (χ3v) is 2.70. The van der Waals surface area contributed by atoms with Gasteiger partial charge in [0.15, 0.2) is 0 Å². The van der Waals surface area contributed by atoms with Crippen LogP contribution in [0.4, 0.5) is 5.69 Å². The lowest BCUT2D eigenvalue weighted by molar-refractivity contribution is 0.767. The molecule has 2 heterocycles. The third-order valence-electron chi connectivity index (χ3n) is 2.70. The van der Waals surface area contributed by atoms with Gasteiger partial charge in [0.05, 0.1) is 17.9 Å². The Morgan fingerprint density at radius 2 is 2.29 bits per heavy atom. The van der Waals surface area contributed by atoms with E-state index in [1.165, 1.54) is 0 Å². The predicted molar refractivity (Wildman–Crippen MR) is 66.6 cm³/mol. The van der Waals surface area contributed by atoms with Gasteiger partial charge in [0, 0.05) is 36.4 Å². The zero-order valence-electron chi connectivity index (χ0n) is 9.51. The van der Waals surface area contributed by atoms with Crippen molar-refractivity contribution in [1.29, 1.82) is 0 Å². The number of nitrogens with one attached hydrogen (secondary N) is 2. The number of hydrogen-bond acceptors (Lipinski definition) is 3. The Labute approximate surface area is 98.5 Å². The first-order chi connectivity index (χ1) is 8.31. The summed E-state index contributed by atoms with van der Waals surface area (Å²) in [6.07, 6.45) is 5.68. The molecule has 0 spiro atoms. The average Bonchev–Trinajstić information content (AvgIpc) is 2.94. The Balaban J connectivity index is 1.76. The number of H-pyrrole nitrogens is 1. The molecule has 0 fully saturated rings. The van der Waals surface area contributed by atoms with Crippen LogP contribution in [0, 0.1) is 0 Å². The van der Waals surface area contributed by atoms with Gasteiger partial charge in [0.1, 0.15) is 0 Å². The highest BCUT2D eigenvalue weighted by atomic mass is 15.2. The van der Waals surface area contributed by atoms with Crippen LogP contribution >= 0.6 is 0 Å². The lowest BCUT2D eigenvalue weighted by Gasteiger charge is -2.04. The second kappa shape index (κ2) is 3.93. The molecule has 3 rings (SSSR count). The molecule has 5 nitrogen and oxygen atoms in total. The van der Waals surface area contributed by atoms with E-state index in [1.54, 1.807) is 4.68 Å². The van der Waals surface area contributed by atoms with Crippen LogP contribution in [-0.2, 0) is 13.6 Å². The van der Waals surface area contributed by atoms with E-state index in [9.17, 15) is 0 Å². The second-order valence-corrected chi connectivity index (χ2v) is 4.05. The number of aromatic amines is 1. The van der Waals surface area contributed by atoms with Gasteiger partial charge in [-0.15, -0.1) is 0 Å². The maximum atomic E-state index is 4.13. The smallest absolute Gasteiger partial charge is 0.0670 e. The minimum absolute atomic E-state index is 0.771. The van der Waals surface area contributed by atoms with Crippen LogP contribution in [0.15, 0.2) is 36.8 Å². The number of hydrogen-bond donors (Lipinski definition) is 2. The summed E-state index contributed by atoms with van der Waals surface area (Å²) in [5.74, 6) is 0. The van der Waals surface area contributed by atoms with E-state index in [0.29, 0.717) is 0 Å². The van der Waals surface area contributed by atoms with E-state index in [4.69, 9.17) is 0 Å². The summed E-state index contributed by atoms with van der Waals surface area (Å²) in [5, 5.41) is 15.6. The molecule has 0 atom stereocenters.